The number of hydrogen-bond acceptors (Lipinski definition) is 3. The monoisotopic (exact) mass is 768 g/mol. The molecule has 1 N–H and O–H groups in total. The van der Waals surface area contributed by atoms with Crippen molar-refractivity contribution in [2.24, 2.45) is 17.3 Å². The number of nitrogens with one attached hydrogen (secondary N) is 1. The Kier molecular flexibility index (Phi) is 15.6. The normalized spacial score (nSPS) is 16.2. The molecule has 57 heavy (non-hydrogen) atoms. The Bertz CT molecular complexity index is 1990. The lowest BCUT2D eigenvalue weighted by atomic mass is 9.74. The van der Waals surface area contributed by atoms with Crippen molar-refractivity contribution in [1.29, 1.82) is 0 Å². The van der Waals surface area contributed by atoms with Crippen molar-refractivity contribution in [2.75, 3.05) is 16.3 Å². The molecule has 0 bridgehead atoms. The van der Waals surface area contributed by atoms with Crippen molar-refractivity contribution < 1.29 is 4.79 Å². The van der Waals surface area contributed by atoms with Crippen LogP contribution in [0, 0.1) is 44.9 Å². The molecule has 0 heterocycles. The number of carbonyl (C=O) groups excluding carboxylic acids is 1. The summed E-state index contributed by atoms with van der Waals surface area (Å²) in [4.78, 5) is 18.2. The van der Waals surface area contributed by atoms with Crippen LogP contribution in [0.15, 0.2) is 120 Å². The zero-order valence-corrected chi connectivity index (χ0v) is 37.9. The molecule has 0 saturated carbocycles. The van der Waals surface area contributed by atoms with E-state index >= 15 is 0 Å². The molecule has 0 aromatic heterocycles. The smallest absolute Gasteiger partial charge is 0.223 e. The van der Waals surface area contributed by atoms with Gasteiger partial charge in [0.15, 0.2) is 0 Å². The summed E-state index contributed by atoms with van der Waals surface area (Å²) in [6, 6.07) is 23.0. The molecule has 1 aliphatic rings. The average Bonchev–Trinajstić information content (AvgIpc) is 3.11. The summed E-state index contributed by atoms with van der Waals surface area (Å²) in [7, 11) is 0. The minimum Gasteiger partial charge on any atom is -0.356 e. The lowest BCUT2D eigenvalue weighted by Crippen LogP contribution is -2.41. The second-order valence-electron chi connectivity index (χ2n) is 18.2. The van der Waals surface area contributed by atoms with Gasteiger partial charge in [-0.1, -0.05) is 90.1 Å². The van der Waals surface area contributed by atoms with Gasteiger partial charge in [0.2, 0.25) is 5.91 Å². The van der Waals surface area contributed by atoms with Crippen LogP contribution in [0.2, 0.25) is 0 Å². The fourth-order valence-electron chi connectivity index (χ4n) is 9.08. The topological polar surface area (TPSA) is 35.6 Å². The molecule has 0 saturated heterocycles. The van der Waals surface area contributed by atoms with E-state index in [9.17, 15) is 4.79 Å². The lowest BCUT2D eigenvalue weighted by Gasteiger charge is -2.40. The first-order valence-electron chi connectivity index (χ1n) is 21.4. The molecule has 3 aromatic carbocycles. The number of anilines is 3. The number of aryl methyl sites for hydroxylation is 4. The zero-order chi connectivity index (χ0) is 42.2. The summed E-state index contributed by atoms with van der Waals surface area (Å²) < 4.78 is 0. The molecule has 3 aromatic rings. The highest BCUT2D eigenvalue weighted by atomic mass is 16.1. The number of amides is 1. The van der Waals surface area contributed by atoms with Crippen LogP contribution in [0.1, 0.15) is 129 Å². The summed E-state index contributed by atoms with van der Waals surface area (Å²) in [6.45, 7) is 35.6. The van der Waals surface area contributed by atoms with E-state index in [1.165, 1.54) is 61.7 Å². The van der Waals surface area contributed by atoms with Gasteiger partial charge in [0.25, 0.3) is 0 Å². The molecule has 0 spiro atoms. The highest BCUT2D eigenvalue weighted by Gasteiger charge is 2.34. The lowest BCUT2D eigenvalue weighted by molar-refractivity contribution is -0.130. The quantitative estimate of drug-likeness (QED) is 0.116. The predicted octanol–water partition coefficient (Wildman–Crippen LogP) is 14.3. The Morgan fingerprint density at radius 2 is 1.54 bits per heavy atom. The third kappa shape index (κ3) is 11.5. The van der Waals surface area contributed by atoms with Gasteiger partial charge in [-0.15, -0.1) is 0 Å². The Morgan fingerprint density at radius 1 is 0.895 bits per heavy atom. The van der Waals surface area contributed by atoms with Gasteiger partial charge in [-0.2, -0.15) is 0 Å². The van der Waals surface area contributed by atoms with Crippen LogP contribution in [-0.4, -0.2) is 18.5 Å². The Hall–Kier alpha value is -4.57. The number of rotatable bonds is 16. The molecule has 3 unspecified atom stereocenters. The average molecular weight is 768 g/mol. The van der Waals surface area contributed by atoms with Gasteiger partial charge in [-0.3, -0.25) is 4.79 Å². The van der Waals surface area contributed by atoms with Crippen LogP contribution in [0.25, 0.3) is 0 Å². The highest BCUT2D eigenvalue weighted by molar-refractivity contribution is 5.79. The van der Waals surface area contributed by atoms with Crippen LogP contribution >= 0.6 is 0 Å². The fraction of sp³-hybridized carbons (Fsp3) is 0.453. The van der Waals surface area contributed by atoms with Crippen LogP contribution in [0.3, 0.4) is 0 Å². The van der Waals surface area contributed by atoms with E-state index in [4.69, 9.17) is 0 Å². The Balaban J connectivity index is 1.67. The summed E-state index contributed by atoms with van der Waals surface area (Å²) in [5.41, 5.74) is 16.1. The van der Waals surface area contributed by atoms with Gasteiger partial charge in [0.05, 0.1) is 6.04 Å². The van der Waals surface area contributed by atoms with E-state index in [0.29, 0.717) is 11.8 Å². The van der Waals surface area contributed by atoms with E-state index in [2.05, 4.69) is 197 Å². The van der Waals surface area contributed by atoms with Gasteiger partial charge < -0.3 is 15.1 Å². The van der Waals surface area contributed by atoms with Crippen molar-refractivity contribution in [3.8, 4) is 0 Å². The summed E-state index contributed by atoms with van der Waals surface area (Å²) >= 11 is 0. The van der Waals surface area contributed by atoms with Crippen LogP contribution in [0.4, 0.5) is 17.1 Å². The first-order valence-corrected chi connectivity index (χ1v) is 21.4. The minimum absolute atomic E-state index is 0.00456. The number of nitrogens with zero attached hydrogens (tertiary/aromatic N) is 2. The maximum atomic E-state index is 13.2. The summed E-state index contributed by atoms with van der Waals surface area (Å²) in [6.07, 6.45) is 12.9. The van der Waals surface area contributed by atoms with Crippen molar-refractivity contribution in [1.82, 2.24) is 5.32 Å². The highest BCUT2D eigenvalue weighted by Crippen LogP contribution is 2.41. The van der Waals surface area contributed by atoms with Crippen molar-refractivity contribution >= 4 is 23.0 Å². The summed E-state index contributed by atoms with van der Waals surface area (Å²) in [5, 5.41) is 3.28. The second kappa shape index (κ2) is 19.7. The molecular formula is C53H73N3O. The van der Waals surface area contributed by atoms with Crippen LogP contribution in [-0.2, 0) is 4.79 Å². The van der Waals surface area contributed by atoms with Gasteiger partial charge in [0.1, 0.15) is 0 Å². The SMILES string of the molecule is C=C(C)/C=C\C(=C/C)N(C1=C(C)CC(N(c2cccc(C)c2)c2ccc(C(CC)CCCNC(=O)C(C(C)C)C(C)(C)C)c(C)c2)C(C)=C1)c1cc(C)cc(C)c1. The van der Waals surface area contributed by atoms with Gasteiger partial charge in [-0.25, -0.2) is 0 Å². The number of benzene rings is 3. The maximum Gasteiger partial charge on any atom is 0.223 e. The number of hydrogen-bond donors (Lipinski definition) is 1. The Labute approximate surface area is 347 Å². The van der Waals surface area contributed by atoms with E-state index in [0.717, 1.165) is 43.5 Å². The molecule has 1 amide bonds. The maximum absolute atomic E-state index is 13.2. The van der Waals surface area contributed by atoms with Crippen LogP contribution < -0.4 is 15.1 Å². The molecule has 1 aliphatic carbocycles. The molecular weight excluding hydrogens is 695 g/mol. The van der Waals surface area contributed by atoms with Crippen molar-refractivity contribution in [3.63, 3.8) is 0 Å². The molecule has 4 heteroatoms. The third-order valence-corrected chi connectivity index (χ3v) is 11.6. The molecule has 306 valence electrons. The van der Waals surface area contributed by atoms with Gasteiger partial charge in [0, 0.05) is 40.9 Å². The first kappa shape index (κ1) is 45.1. The minimum atomic E-state index is -0.0579. The third-order valence-electron chi connectivity index (χ3n) is 11.6. The van der Waals surface area contributed by atoms with Crippen LogP contribution in [0.5, 0.6) is 0 Å². The predicted molar refractivity (Wildman–Crippen MR) is 249 cm³/mol. The number of allylic oxidation sites excluding steroid dienone is 5. The zero-order valence-electron chi connectivity index (χ0n) is 37.9. The molecule has 0 radical (unpaired) electrons. The number of carbonyl (C=O) groups is 1. The molecule has 0 aliphatic heterocycles. The van der Waals surface area contributed by atoms with Crippen molar-refractivity contribution in [2.45, 2.75) is 135 Å². The van der Waals surface area contributed by atoms with Gasteiger partial charge in [-0.05, 0) is 186 Å². The second-order valence-corrected chi connectivity index (χ2v) is 18.2. The van der Waals surface area contributed by atoms with E-state index < -0.39 is 0 Å². The van der Waals surface area contributed by atoms with E-state index in [1.54, 1.807) is 0 Å². The Morgan fingerprint density at radius 3 is 2.11 bits per heavy atom. The van der Waals surface area contributed by atoms with Crippen molar-refractivity contribution in [3.05, 3.63) is 147 Å². The van der Waals surface area contributed by atoms with E-state index in [1.807, 2.05) is 6.92 Å². The summed E-state index contributed by atoms with van der Waals surface area (Å²) in [5.74, 6) is 0.935. The largest absolute Gasteiger partial charge is 0.356 e. The standard InChI is InChI=1S/C53H73N3O/c1-16-43(21-19-27-54-52(57)51(36(5)6)53(13,14)15)48-26-25-46(32-40(48)10)56(45-22-18-20-37(7)29-45)50-34-41(11)49(33-42(50)12)55(44(17-2)24-23-35(3)4)47-30-38(8)28-39(9)31-47/h17-18,20,22-26,28-33,36,43,50-51H,3,16,19,21,27,34H2,1-2,4-15H3,(H,54,57)/b24-23-,44-17+. The fourth-order valence-corrected chi connectivity index (χ4v) is 9.08. The van der Waals surface area contributed by atoms with E-state index in [-0.39, 0.29) is 23.3 Å². The molecule has 4 nitrogen and oxygen atoms in total. The molecule has 4 rings (SSSR count). The van der Waals surface area contributed by atoms with Gasteiger partial charge >= 0.3 is 0 Å². The molecule has 3 atom stereocenters. The first-order chi connectivity index (χ1) is 26.9. The molecule has 0 fully saturated rings.